The number of hydrogen-bond acceptors (Lipinski definition) is 3. The van der Waals surface area contributed by atoms with Gasteiger partial charge in [-0.15, -0.1) is 0 Å². The van der Waals surface area contributed by atoms with Gasteiger partial charge in [-0.05, 0) is 36.6 Å². The Balaban J connectivity index is 2.85. The molecule has 0 saturated carbocycles. The Morgan fingerprint density at radius 1 is 1.33 bits per heavy atom. The van der Waals surface area contributed by atoms with E-state index >= 15 is 0 Å². The fourth-order valence-corrected chi connectivity index (χ4v) is 1.97. The van der Waals surface area contributed by atoms with Crippen molar-refractivity contribution < 1.29 is 10.2 Å². The SMILES string of the molecule is Cc1cc(N)cc(C(O)C(O)CCBr)c1. The first-order valence-corrected chi connectivity index (χ1v) is 5.96. The monoisotopic (exact) mass is 273 g/mol. The Bertz CT molecular complexity index is 310. The van der Waals surface area contributed by atoms with Crippen LogP contribution >= 0.6 is 15.9 Å². The molecule has 0 saturated heterocycles. The second kappa shape index (κ2) is 5.49. The lowest BCUT2D eigenvalue weighted by Crippen LogP contribution is -2.18. The minimum atomic E-state index is -0.871. The topological polar surface area (TPSA) is 66.5 Å². The number of alkyl halides is 1. The molecule has 0 radical (unpaired) electrons. The fourth-order valence-electron chi connectivity index (χ4n) is 1.51. The van der Waals surface area contributed by atoms with E-state index in [1.807, 2.05) is 19.1 Å². The van der Waals surface area contributed by atoms with Crippen LogP contribution in [-0.4, -0.2) is 21.6 Å². The summed E-state index contributed by atoms with van der Waals surface area (Å²) in [5, 5.41) is 20.1. The van der Waals surface area contributed by atoms with Crippen molar-refractivity contribution in [2.75, 3.05) is 11.1 Å². The number of nitrogen functional groups attached to an aromatic ring is 1. The minimum absolute atomic E-state index is 0.509. The molecule has 0 aliphatic carbocycles. The number of aliphatic hydroxyl groups excluding tert-OH is 2. The van der Waals surface area contributed by atoms with Crippen LogP contribution in [0.15, 0.2) is 18.2 Å². The minimum Gasteiger partial charge on any atom is -0.399 e. The predicted molar refractivity (Wildman–Crippen MR) is 65.0 cm³/mol. The molecule has 0 heterocycles. The molecular formula is C11H16BrNO2. The largest absolute Gasteiger partial charge is 0.399 e. The molecule has 2 unspecified atom stereocenters. The number of halogens is 1. The molecule has 0 aromatic heterocycles. The summed E-state index contributed by atoms with van der Waals surface area (Å²) in [6.45, 7) is 1.91. The summed E-state index contributed by atoms with van der Waals surface area (Å²) in [6, 6.07) is 5.35. The number of anilines is 1. The summed E-state index contributed by atoms with van der Waals surface area (Å²) in [5.41, 5.74) is 7.93. The van der Waals surface area contributed by atoms with E-state index in [9.17, 15) is 10.2 Å². The highest BCUT2D eigenvalue weighted by Gasteiger charge is 2.17. The summed E-state index contributed by atoms with van der Waals surface area (Å²) in [5.74, 6) is 0. The van der Waals surface area contributed by atoms with Crippen LogP contribution in [0.1, 0.15) is 23.7 Å². The Labute approximate surface area is 98.1 Å². The summed E-state index contributed by atoms with van der Waals surface area (Å²) in [4.78, 5) is 0. The zero-order valence-electron chi connectivity index (χ0n) is 8.65. The average Bonchev–Trinajstić information content (AvgIpc) is 2.15. The Morgan fingerprint density at radius 3 is 2.53 bits per heavy atom. The maximum Gasteiger partial charge on any atom is 0.105 e. The van der Waals surface area contributed by atoms with Crippen LogP contribution in [-0.2, 0) is 0 Å². The molecule has 3 nitrogen and oxygen atoms in total. The van der Waals surface area contributed by atoms with Crippen LogP contribution in [0.5, 0.6) is 0 Å². The molecule has 0 amide bonds. The molecule has 1 rings (SSSR count). The highest BCUT2D eigenvalue weighted by atomic mass is 79.9. The second-order valence-electron chi connectivity index (χ2n) is 3.67. The van der Waals surface area contributed by atoms with Gasteiger partial charge < -0.3 is 15.9 Å². The van der Waals surface area contributed by atoms with Gasteiger partial charge in [0.25, 0.3) is 0 Å². The molecule has 2 atom stereocenters. The lowest BCUT2D eigenvalue weighted by molar-refractivity contribution is 0.0174. The number of rotatable bonds is 4. The van der Waals surface area contributed by atoms with Crippen molar-refractivity contribution in [3.63, 3.8) is 0 Å². The van der Waals surface area contributed by atoms with E-state index in [0.717, 1.165) is 5.56 Å². The van der Waals surface area contributed by atoms with E-state index in [2.05, 4.69) is 15.9 Å². The highest BCUT2D eigenvalue weighted by Crippen LogP contribution is 2.22. The third-order valence-electron chi connectivity index (χ3n) is 2.23. The first kappa shape index (κ1) is 12.5. The lowest BCUT2D eigenvalue weighted by Gasteiger charge is -2.18. The maximum absolute atomic E-state index is 9.84. The molecule has 4 N–H and O–H groups in total. The molecule has 0 spiro atoms. The van der Waals surface area contributed by atoms with Gasteiger partial charge in [0.05, 0.1) is 6.10 Å². The number of aryl methyl sites for hydroxylation is 1. The highest BCUT2D eigenvalue weighted by molar-refractivity contribution is 9.09. The summed E-state index contributed by atoms with van der Waals surface area (Å²) in [6.07, 6.45) is -1.12. The standard InChI is InChI=1S/C11H16BrNO2/c1-7-4-8(6-9(13)5-7)11(15)10(14)2-3-12/h4-6,10-11,14-15H,2-3,13H2,1H3. The van der Waals surface area contributed by atoms with Gasteiger partial charge in [0.2, 0.25) is 0 Å². The van der Waals surface area contributed by atoms with Gasteiger partial charge in [-0.25, -0.2) is 0 Å². The Kier molecular flexibility index (Phi) is 4.57. The third kappa shape index (κ3) is 3.48. The van der Waals surface area contributed by atoms with E-state index in [4.69, 9.17) is 5.73 Å². The average molecular weight is 274 g/mol. The van der Waals surface area contributed by atoms with Crippen LogP contribution in [0.4, 0.5) is 5.69 Å². The van der Waals surface area contributed by atoms with E-state index < -0.39 is 12.2 Å². The van der Waals surface area contributed by atoms with Gasteiger partial charge in [0.1, 0.15) is 6.10 Å². The molecule has 0 aliphatic rings. The number of nitrogens with two attached hydrogens (primary N) is 1. The molecule has 0 bridgehead atoms. The molecule has 15 heavy (non-hydrogen) atoms. The molecule has 0 aliphatic heterocycles. The Morgan fingerprint density at radius 2 is 2.00 bits per heavy atom. The van der Waals surface area contributed by atoms with Crippen molar-refractivity contribution in [1.29, 1.82) is 0 Å². The van der Waals surface area contributed by atoms with Crippen molar-refractivity contribution in [3.05, 3.63) is 29.3 Å². The van der Waals surface area contributed by atoms with E-state index in [1.165, 1.54) is 0 Å². The predicted octanol–water partition coefficient (Wildman–Crippen LogP) is 1.76. The zero-order valence-corrected chi connectivity index (χ0v) is 10.2. The van der Waals surface area contributed by atoms with Gasteiger partial charge in [-0.1, -0.05) is 22.0 Å². The number of hydrogen-bond donors (Lipinski definition) is 3. The van der Waals surface area contributed by atoms with Crippen LogP contribution in [0.3, 0.4) is 0 Å². The van der Waals surface area contributed by atoms with Gasteiger partial charge in [-0.2, -0.15) is 0 Å². The zero-order chi connectivity index (χ0) is 11.4. The molecule has 1 aromatic rings. The normalized spacial score (nSPS) is 14.9. The summed E-state index contributed by atoms with van der Waals surface area (Å²) < 4.78 is 0. The third-order valence-corrected chi connectivity index (χ3v) is 2.69. The second-order valence-corrected chi connectivity index (χ2v) is 4.46. The van der Waals surface area contributed by atoms with Crippen molar-refractivity contribution in [2.24, 2.45) is 0 Å². The Hall–Kier alpha value is -0.580. The smallest absolute Gasteiger partial charge is 0.105 e. The van der Waals surface area contributed by atoms with Crippen LogP contribution in [0, 0.1) is 6.92 Å². The van der Waals surface area contributed by atoms with Gasteiger partial charge in [0, 0.05) is 11.0 Å². The van der Waals surface area contributed by atoms with Crippen molar-refractivity contribution in [2.45, 2.75) is 25.6 Å². The van der Waals surface area contributed by atoms with Gasteiger partial charge >= 0.3 is 0 Å². The summed E-state index contributed by atoms with van der Waals surface area (Å²) in [7, 11) is 0. The quantitative estimate of drug-likeness (QED) is 0.579. The van der Waals surface area contributed by atoms with Crippen LogP contribution in [0.25, 0.3) is 0 Å². The first-order chi connectivity index (χ1) is 7.04. The summed E-state index contributed by atoms with van der Waals surface area (Å²) >= 11 is 3.22. The van der Waals surface area contributed by atoms with Gasteiger partial charge in [-0.3, -0.25) is 0 Å². The lowest BCUT2D eigenvalue weighted by atomic mass is 10.0. The number of aliphatic hydroxyl groups is 2. The molecular weight excluding hydrogens is 258 g/mol. The molecule has 4 heteroatoms. The van der Waals surface area contributed by atoms with Crippen LogP contribution < -0.4 is 5.73 Å². The molecule has 1 aromatic carbocycles. The van der Waals surface area contributed by atoms with Gasteiger partial charge in [0.15, 0.2) is 0 Å². The van der Waals surface area contributed by atoms with E-state index in [0.29, 0.717) is 23.0 Å². The van der Waals surface area contributed by atoms with E-state index in [1.54, 1.807) is 6.07 Å². The molecule has 84 valence electrons. The van der Waals surface area contributed by atoms with Crippen molar-refractivity contribution in [1.82, 2.24) is 0 Å². The van der Waals surface area contributed by atoms with Crippen molar-refractivity contribution >= 4 is 21.6 Å². The maximum atomic E-state index is 9.84. The van der Waals surface area contributed by atoms with E-state index in [-0.39, 0.29) is 0 Å². The fraction of sp³-hybridized carbons (Fsp3) is 0.455. The first-order valence-electron chi connectivity index (χ1n) is 4.83. The van der Waals surface area contributed by atoms with Crippen LogP contribution in [0.2, 0.25) is 0 Å². The molecule has 0 fully saturated rings. The number of benzene rings is 1. The van der Waals surface area contributed by atoms with Crippen molar-refractivity contribution in [3.8, 4) is 0 Å².